The Morgan fingerprint density at radius 3 is 2.80 bits per heavy atom. The van der Waals surface area contributed by atoms with Crippen molar-refractivity contribution in [1.29, 1.82) is 0 Å². The van der Waals surface area contributed by atoms with Crippen molar-refractivity contribution in [2.75, 3.05) is 18.1 Å². The van der Waals surface area contributed by atoms with Crippen molar-refractivity contribution in [3.8, 4) is 5.75 Å². The molecule has 110 valence electrons. The second-order valence-corrected chi connectivity index (χ2v) is 5.14. The smallest absolute Gasteiger partial charge is 0.268 e. The van der Waals surface area contributed by atoms with E-state index in [0.717, 1.165) is 30.8 Å². The fourth-order valence-corrected chi connectivity index (χ4v) is 2.50. The molecule has 1 aliphatic rings. The van der Waals surface area contributed by atoms with Crippen molar-refractivity contribution in [2.24, 2.45) is 0 Å². The number of hydrogen-bond donors (Lipinski definition) is 1. The van der Waals surface area contributed by atoms with Gasteiger partial charge in [-0.1, -0.05) is 38.3 Å². The van der Waals surface area contributed by atoms with Gasteiger partial charge in [-0.2, -0.15) is 0 Å². The Morgan fingerprint density at radius 1 is 1.25 bits per heavy atom. The first-order chi connectivity index (χ1) is 9.77. The van der Waals surface area contributed by atoms with E-state index in [-0.39, 0.29) is 12.5 Å². The van der Waals surface area contributed by atoms with Crippen LogP contribution in [-0.2, 0) is 4.79 Å². The average Bonchev–Trinajstić information content (AvgIpc) is 2.47. The summed E-state index contributed by atoms with van der Waals surface area (Å²) in [7, 11) is 0. The monoisotopic (exact) mass is 277 g/mol. The minimum atomic E-state index is -0.555. The summed E-state index contributed by atoms with van der Waals surface area (Å²) in [5.74, 6) is 0.704. The number of carbonyl (C=O) groups is 1. The number of aliphatic hydroxyl groups is 1. The third-order valence-electron chi connectivity index (χ3n) is 3.59. The largest absolute Gasteiger partial charge is 0.478 e. The summed E-state index contributed by atoms with van der Waals surface area (Å²) in [5, 5.41) is 9.07. The normalized spacial score (nSPS) is 17.8. The number of aliphatic hydroxyl groups excluding tert-OH is 1. The van der Waals surface area contributed by atoms with Gasteiger partial charge in [-0.25, -0.2) is 0 Å². The fraction of sp³-hybridized carbons (Fsp3) is 0.562. The van der Waals surface area contributed by atoms with Gasteiger partial charge >= 0.3 is 0 Å². The number of carbonyl (C=O) groups excluding carboxylic acids is 1. The number of rotatable bonds is 7. The molecule has 1 aromatic rings. The highest BCUT2D eigenvalue weighted by Gasteiger charge is 2.33. The van der Waals surface area contributed by atoms with Crippen LogP contribution in [0.5, 0.6) is 5.75 Å². The van der Waals surface area contributed by atoms with Crippen LogP contribution in [0, 0.1) is 0 Å². The number of fused-ring (bicyclic) bond motifs is 1. The van der Waals surface area contributed by atoms with E-state index in [2.05, 4.69) is 6.92 Å². The SMILES string of the molecule is CCCCCCN1C(=O)[C@@H](CCO)Oc2ccccc21. The molecule has 0 aliphatic carbocycles. The van der Waals surface area contributed by atoms with Crippen LogP contribution < -0.4 is 9.64 Å². The minimum Gasteiger partial charge on any atom is -0.478 e. The zero-order valence-electron chi connectivity index (χ0n) is 12.0. The number of ether oxygens (including phenoxy) is 1. The van der Waals surface area contributed by atoms with Crippen molar-refractivity contribution in [2.45, 2.75) is 45.1 Å². The van der Waals surface area contributed by atoms with E-state index in [1.165, 1.54) is 12.8 Å². The Kier molecular flexibility index (Phi) is 5.41. The number of hydrogen-bond acceptors (Lipinski definition) is 3. The van der Waals surface area contributed by atoms with Crippen LogP contribution in [0.3, 0.4) is 0 Å². The highest BCUT2D eigenvalue weighted by Crippen LogP contribution is 2.34. The average molecular weight is 277 g/mol. The van der Waals surface area contributed by atoms with Crippen molar-refractivity contribution in [1.82, 2.24) is 0 Å². The zero-order chi connectivity index (χ0) is 14.4. The molecule has 0 unspecified atom stereocenters. The lowest BCUT2D eigenvalue weighted by Gasteiger charge is -2.34. The summed E-state index contributed by atoms with van der Waals surface area (Å²) >= 11 is 0. The molecule has 2 rings (SSSR count). The molecular weight excluding hydrogens is 254 g/mol. The van der Waals surface area contributed by atoms with Crippen LogP contribution in [0.1, 0.15) is 39.0 Å². The second-order valence-electron chi connectivity index (χ2n) is 5.14. The van der Waals surface area contributed by atoms with Gasteiger partial charge in [0.1, 0.15) is 5.75 Å². The van der Waals surface area contributed by atoms with Crippen LogP contribution in [-0.4, -0.2) is 30.3 Å². The molecule has 0 saturated carbocycles. The van der Waals surface area contributed by atoms with Crippen LogP contribution >= 0.6 is 0 Å². The fourth-order valence-electron chi connectivity index (χ4n) is 2.50. The first-order valence-corrected chi connectivity index (χ1v) is 7.46. The molecule has 1 heterocycles. The van der Waals surface area contributed by atoms with Gasteiger partial charge in [0.25, 0.3) is 5.91 Å². The van der Waals surface area contributed by atoms with Crippen LogP contribution in [0.4, 0.5) is 5.69 Å². The summed E-state index contributed by atoms with van der Waals surface area (Å²) in [5.41, 5.74) is 0.850. The number of anilines is 1. The minimum absolute atomic E-state index is 0.0331. The van der Waals surface area contributed by atoms with Gasteiger partial charge < -0.3 is 14.7 Å². The Bertz CT molecular complexity index is 447. The Labute approximate surface area is 120 Å². The molecule has 1 N–H and O–H groups in total. The van der Waals surface area contributed by atoms with Crippen molar-refractivity contribution < 1.29 is 14.6 Å². The van der Waals surface area contributed by atoms with E-state index < -0.39 is 6.10 Å². The van der Waals surface area contributed by atoms with E-state index in [1.807, 2.05) is 29.2 Å². The van der Waals surface area contributed by atoms with E-state index >= 15 is 0 Å². The first-order valence-electron chi connectivity index (χ1n) is 7.46. The topological polar surface area (TPSA) is 49.8 Å². The predicted molar refractivity (Wildman–Crippen MR) is 79.1 cm³/mol. The van der Waals surface area contributed by atoms with Gasteiger partial charge in [-0.3, -0.25) is 4.79 Å². The van der Waals surface area contributed by atoms with Crippen molar-refractivity contribution >= 4 is 11.6 Å². The van der Waals surface area contributed by atoms with Crippen molar-refractivity contribution in [3.05, 3.63) is 24.3 Å². The molecule has 1 atom stereocenters. The zero-order valence-corrected chi connectivity index (χ0v) is 12.0. The quantitative estimate of drug-likeness (QED) is 0.780. The summed E-state index contributed by atoms with van der Waals surface area (Å²) in [6.07, 6.45) is 4.30. The lowest BCUT2D eigenvalue weighted by molar-refractivity contribution is -0.127. The highest BCUT2D eigenvalue weighted by molar-refractivity contribution is 5.99. The van der Waals surface area contributed by atoms with E-state index in [9.17, 15) is 4.79 Å². The molecule has 0 radical (unpaired) electrons. The third-order valence-corrected chi connectivity index (χ3v) is 3.59. The maximum atomic E-state index is 12.4. The molecule has 0 saturated heterocycles. The van der Waals surface area contributed by atoms with E-state index in [0.29, 0.717) is 6.42 Å². The molecule has 0 aromatic heterocycles. The van der Waals surface area contributed by atoms with E-state index in [1.54, 1.807) is 0 Å². The second kappa shape index (κ2) is 7.29. The molecule has 1 aromatic carbocycles. The predicted octanol–water partition coefficient (Wildman–Crippen LogP) is 2.74. The molecule has 20 heavy (non-hydrogen) atoms. The maximum absolute atomic E-state index is 12.4. The molecular formula is C16H23NO3. The van der Waals surface area contributed by atoms with Crippen LogP contribution in [0.15, 0.2) is 24.3 Å². The highest BCUT2D eigenvalue weighted by atomic mass is 16.5. The molecule has 0 spiro atoms. The molecule has 1 aliphatic heterocycles. The standard InChI is InChI=1S/C16H23NO3/c1-2-3-4-7-11-17-13-8-5-6-9-14(13)20-15(10-12-18)16(17)19/h5-6,8-9,15,18H,2-4,7,10-12H2,1H3/t15-/m1/s1. The van der Waals surface area contributed by atoms with Gasteiger partial charge in [-0.05, 0) is 18.6 Å². The molecule has 0 fully saturated rings. The van der Waals surface area contributed by atoms with Crippen molar-refractivity contribution in [3.63, 3.8) is 0 Å². The lowest BCUT2D eigenvalue weighted by Crippen LogP contribution is -2.46. The van der Waals surface area contributed by atoms with Gasteiger partial charge in [0.15, 0.2) is 6.10 Å². The molecule has 1 amide bonds. The third kappa shape index (κ3) is 3.31. The number of para-hydroxylation sites is 2. The summed E-state index contributed by atoms with van der Waals surface area (Å²) in [6, 6.07) is 7.62. The van der Waals surface area contributed by atoms with Crippen LogP contribution in [0.25, 0.3) is 0 Å². The molecule has 4 heteroatoms. The summed E-state index contributed by atoms with van der Waals surface area (Å²) in [4.78, 5) is 14.2. The van der Waals surface area contributed by atoms with Gasteiger partial charge in [-0.15, -0.1) is 0 Å². The summed E-state index contributed by atoms with van der Waals surface area (Å²) in [6.45, 7) is 2.86. The number of benzene rings is 1. The maximum Gasteiger partial charge on any atom is 0.268 e. The lowest BCUT2D eigenvalue weighted by atomic mass is 10.1. The molecule has 4 nitrogen and oxygen atoms in total. The van der Waals surface area contributed by atoms with Gasteiger partial charge in [0, 0.05) is 19.6 Å². The molecule has 0 bridgehead atoms. The Morgan fingerprint density at radius 2 is 2.05 bits per heavy atom. The van der Waals surface area contributed by atoms with Gasteiger partial charge in [0.2, 0.25) is 0 Å². The first kappa shape index (κ1) is 14.9. The van der Waals surface area contributed by atoms with Crippen LogP contribution in [0.2, 0.25) is 0 Å². The van der Waals surface area contributed by atoms with E-state index in [4.69, 9.17) is 9.84 Å². The Hall–Kier alpha value is -1.55. The Balaban J connectivity index is 2.11. The van der Waals surface area contributed by atoms with Gasteiger partial charge in [0.05, 0.1) is 5.69 Å². The summed E-state index contributed by atoms with van der Waals surface area (Å²) < 4.78 is 5.69. The number of nitrogens with zero attached hydrogens (tertiary/aromatic N) is 1. The number of unbranched alkanes of at least 4 members (excludes halogenated alkanes) is 3. The number of amides is 1.